The third-order valence-corrected chi connectivity index (χ3v) is 7.44. The third-order valence-electron chi connectivity index (χ3n) is 6.30. The van der Waals surface area contributed by atoms with Gasteiger partial charge in [-0.1, -0.05) is 29.3 Å². The molecule has 0 spiro atoms. The van der Waals surface area contributed by atoms with Gasteiger partial charge in [0.2, 0.25) is 0 Å². The number of pyridine rings is 1. The maximum atomic E-state index is 13.1. The van der Waals surface area contributed by atoms with Crippen LogP contribution in [-0.4, -0.2) is 58.5 Å². The number of esters is 2. The maximum Gasteiger partial charge on any atom is 0.387 e. The van der Waals surface area contributed by atoms with Crippen molar-refractivity contribution in [1.29, 1.82) is 0 Å². The summed E-state index contributed by atoms with van der Waals surface area (Å²) in [6.45, 7) is -3.66. The van der Waals surface area contributed by atoms with Crippen LogP contribution in [0.2, 0.25) is 10.0 Å². The SMILES string of the molecule is COc1ccc(C(=O)OCC(=O)O[C@@H](Cc2c(Cl)cncc2Cl)c2ccc(OC(F)F)c(OCC3CC3)c2)cc1OS(C)(=O)=O. The first-order chi connectivity index (χ1) is 21.3. The highest BCUT2D eigenvalue weighted by atomic mass is 35.5. The molecule has 242 valence electrons. The highest BCUT2D eigenvalue weighted by Crippen LogP contribution is 2.38. The van der Waals surface area contributed by atoms with E-state index in [9.17, 15) is 26.8 Å². The zero-order valence-electron chi connectivity index (χ0n) is 23.8. The van der Waals surface area contributed by atoms with Gasteiger partial charge in [-0.3, -0.25) is 4.98 Å². The lowest BCUT2D eigenvalue weighted by molar-refractivity contribution is -0.153. The topological polar surface area (TPSA) is 137 Å². The summed E-state index contributed by atoms with van der Waals surface area (Å²) in [7, 11) is -2.67. The Kier molecular flexibility index (Phi) is 11.3. The third kappa shape index (κ3) is 10.1. The summed E-state index contributed by atoms with van der Waals surface area (Å²) in [6, 6.07) is 7.74. The molecular formula is C29H27Cl2F2NO10S. The molecular weight excluding hydrogens is 663 g/mol. The van der Waals surface area contributed by atoms with Crippen molar-refractivity contribution in [2.45, 2.75) is 32.0 Å². The molecule has 1 saturated carbocycles. The van der Waals surface area contributed by atoms with Gasteiger partial charge in [0.05, 0.1) is 35.6 Å². The summed E-state index contributed by atoms with van der Waals surface area (Å²) in [5, 5.41) is 0.369. The lowest BCUT2D eigenvalue weighted by Crippen LogP contribution is -2.21. The van der Waals surface area contributed by atoms with Crippen molar-refractivity contribution in [3.8, 4) is 23.0 Å². The van der Waals surface area contributed by atoms with Gasteiger partial charge in [0.1, 0.15) is 6.10 Å². The molecule has 1 heterocycles. The van der Waals surface area contributed by atoms with Crippen LogP contribution in [0.25, 0.3) is 0 Å². The van der Waals surface area contributed by atoms with Crippen LogP contribution >= 0.6 is 23.2 Å². The summed E-state index contributed by atoms with van der Waals surface area (Å²) in [4.78, 5) is 29.5. The summed E-state index contributed by atoms with van der Waals surface area (Å²) in [5.41, 5.74) is 0.568. The standard InChI is InChI=1S/C29H27Cl2F2NO10S/c1-39-22-7-6-18(10-26(22)44-45(2,37)38)28(36)41-15-27(35)42-24(11-19-20(30)12-34-13-21(19)31)17-5-8-23(43-29(32)33)25(9-17)40-14-16-3-4-16/h5-10,12-13,16,24,29H,3-4,11,14-15H2,1-2H3/t24-/m0/s1. The van der Waals surface area contributed by atoms with Crippen molar-refractivity contribution in [2.24, 2.45) is 5.92 Å². The first kappa shape index (κ1) is 34.0. The molecule has 0 bridgehead atoms. The Balaban J connectivity index is 1.54. The minimum atomic E-state index is -3.95. The lowest BCUT2D eigenvalue weighted by atomic mass is 10.0. The molecule has 0 unspecified atom stereocenters. The van der Waals surface area contributed by atoms with Crippen LogP contribution in [0, 0.1) is 5.92 Å². The Morgan fingerprint density at radius 2 is 1.69 bits per heavy atom. The van der Waals surface area contributed by atoms with Crippen molar-refractivity contribution in [2.75, 3.05) is 26.6 Å². The zero-order valence-corrected chi connectivity index (χ0v) is 26.2. The van der Waals surface area contributed by atoms with Crippen molar-refractivity contribution in [3.63, 3.8) is 0 Å². The van der Waals surface area contributed by atoms with Crippen molar-refractivity contribution in [3.05, 3.63) is 75.5 Å². The second kappa shape index (κ2) is 14.9. The number of nitrogens with zero attached hydrogens (tertiary/aromatic N) is 1. The molecule has 0 saturated heterocycles. The predicted molar refractivity (Wildman–Crippen MR) is 157 cm³/mol. The molecule has 0 amide bonds. The van der Waals surface area contributed by atoms with Crippen LogP contribution in [0.15, 0.2) is 48.8 Å². The van der Waals surface area contributed by atoms with E-state index in [0.717, 1.165) is 25.2 Å². The van der Waals surface area contributed by atoms with Gasteiger partial charge in [-0.2, -0.15) is 17.2 Å². The highest BCUT2D eigenvalue weighted by Gasteiger charge is 2.26. The first-order valence-corrected chi connectivity index (χ1v) is 15.8. The summed E-state index contributed by atoms with van der Waals surface area (Å²) >= 11 is 12.6. The number of carbonyl (C=O) groups is 2. The monoisotopic (exact) mass is 689 g/mol. The second-order valence-electron chi connectivity index (χ2n) is 9.83. The van der Waals surface area contributed by atoms with E-state index in [2.05, 4.69) is 9.72 Å². The number of alkyl halides is 2. The molecule has 1 atom stereocenters. The average Bonchev–Trinajstić information content (AvgIpc) is 3.80. The number of rotatable bonds is 15. The number of hydrogen-bond donors (Lipinski definition) is 0. The van der Waals surface area contributed by atoms with E-state index in [4.69, 9.17) is 46.3 Å². The van der Waals surface area contributed by atoms with Crippen LogP contribution in [0.1, 0.15) is 40.4 Å². The average molecular weight is 691 g/mol. The summed E-state index contributed by atoms with van der Waals surface area (Å²) in [5.74, 6) is -2.08. The second-order valence-corrected chi connectivity index (χ2v) is 12.2. The van der Waals surface area contributed by atoms with Crippen LogP contribution in [-0.2, 0) is 30.8 Å². The van der Waals surface area contributed by atoms with Crippen LogP contribution in [0.4, 0.5) is 8.78 Å². The van der Waals surface area contributed by atoms with Crippen LogP contribution < -0.4 is 18.4 Å². The van der Waals surface area contributed by atoms with Crippen LogP contribution in [0.5, 0.6) is 23.0 Å². The Morgan fingerprint density at radius 1 is 1.00 bits per heavy atom. The van der Waals surface area contributed by atoms with Crippen molar-refractivity contribution < 1.29 is 54.7 Å². The van der Waals surface area contributed by atoms with Gasteiger partial charge < -0.3 is 27.9 Å². The molecule has 0 radical (unpaired) electrons. The number of halogens is 4. The van der Waals surface area contributed by atoms with E-state index < -0.39 is 41.4 Å². The molecule has 1 aliphatic rings. The number of methoxy groups -OCH3 is 1. The van der Waals surface area contributed by atoms with Crippen molar-refractivity contribution >= 4 is 45.3 Å². The quantitative estimate of drug-likeness (QED) is 0.141. The highest BCUT2D eigenvalue weighted by molar-refractivity contribution is 7.86. The number of benzene rings is 2. The Hall–Kier alpha value is -3.88. The Bertz CT molecular complexity index is 1630. The zero-order chi connectivity index (χ0) is 32.7. The predicted octanol–water partition coefficient (Wildman–Crippen LogP) is 5.81. The van der Waals surface area contributed by atoms with Gasteiger partial charge in [0.15, 0.2) is 29.6 Å². The van der Waals surface area contributed by atoms with Gasteiger partial charge in [0, 0.05) is 24.9 Å². The fourth-order valence-corrected chi connectivity index (χ4v) is 4.98. The first-order valence-electron chi connectivity index (χ1n) is 13.3. The van der Waals surface area contributed by atoms with Crippen LogP contribution in [0.3, 0.4) is 0 Å². The summed E-state index contributed by atoms with van der Waals surface area (Å²) < 4.78 is 80.3. The van der Waals surface area contributed by atoms with Crippen molar-refractivity contribution in [1.82, 2.24) is 4.98 Å². The smallest absolute Gasteiger partial charge is 0.387 e. The minimum Gasteiger partial charge on any atom is -0.493 e. The molecule has 16 heteroatoms. The number of aromatic nitrogens is 1. The van der Waals surface area contributed by atoms with E-state index in [1.54, 1.807) is 0 Å². The van der Waals surface area contributed by atoms with E-state index in [1.165, 1.54) is 49.8 Å². The normalized spacial score (nSPS) is 13.6. The Morgan fingerprint density at radius 3 is 2.31 bits per heavy atom. The molecule has 4 rings (SSSR count). The molecule has 0 aliphatic heterocycles. The molecule has 11 nitrogen and oxygen atoms in total. The van der Waals surface area contributed by atoms with Gasteiger partial charge in [0.25, 0.3) is 0 Å². The van der Waals surface area contributed by atoms with Gasteiger partial charge in [-0.15, -0.1) is 0 Å². The van der Waals surface area contributed by atoms with Gasteiger partial charge in [-0.05, 0) is 54.2 Å². The molecule has 1 aromatic heterocycles. The number of hydrogen-bond acceptors (Lipinski definition) is 11. The number of carbonyl (C=O) groups excluding carboxylic acids is 2. The number of ether oxygens (including phenoxy) is 5. The largest absolute Gasteiger partial charge is 0.493 e. The van der Waals surface area contributed by atoms with Gasteiger partial charge >= 0.3 is 28.7 Å². The lowest BCUT2D eigenvalue weighted by Gasteiger charge is -2.21. The maximum absolute atomic E-state index is 13.1. The molecule has 0 N–H and O–H groups in total. The summed E-state index contributed by atoms with van der Waals surface area (Å²) in [6.07, 6.45) is 4.25. The fraction of sp³-hybridized carbons (Fsp3) is 0.345. The van der Waals surface area contributed by atoms with E-state index in [1.807, 2.05) is 0 Å². The van der Waals surface area contributed by atoms with Gasteiger partial charge in [-0.25, -0.2) is 9.59 Å². The van der Waals surface area contributed by atoms with E-state index >= 15 is 0 Å². The van der Waals surface area contributed by atoms with E-state index in [0.29, 0.717) is 17.0 Å². The minimum absolute atomic E-state index is 0.0192. The fourth-order valence-electron chi connectivity index (χ4n) is 4.00. The molecule has 1 aliphatic carbocycles. The Labute approximate surface area is 267 Å². The molecule has 1 fully saturated rings. The molecule has 45 heavy (non-hydrogen) atoms. The van der Waals surface area contributed by atoms with E-state index in [-0.39, 0.29) is 51.6 Å². The molecule has 2 aromatic carbocycles. The molecule has 3 aromatic rings.